The van der Waals surface area contributed by atoms with Crippen molar-refractivity contribution in [1.82, 2.24) is 9.88 Å². The molecule has 22 heavy (non-hydrogen) atoms. The molecule has 0 amide bonds. The van der Waals surface area contributed by atoms with Crippen LogP contribution in [0.25, 0.3) is 0 Å². The molecule has 0 unspecified atom stereocenters. The lowest BCUT2D eigenvalue weighted by atomic mass is 10.3. The van der Waals surface area contributed by atoms with Crippen molar-refractivity contribution in [3.63, 3.8) is 0 Å². The summed E-state index contributed by atoms with van der Waals surface area (Å²) in [7, 11) is 0. The number of amidine groups is 1. The Labute approximate surface area is 129 Å². The zero-order chi connectivity index (χ0) is 15.9. The Morgan fingerprint density at radius 2 is 2.36 bits per heavy atom. The Morgan fingerprint density at radius 1 is 1.55 bits per heavy atom. The molecule has 1 aliphatic rings. The molecule has 1 aromatic heterocycles. The Morgan fingerprint density at radius 3 is 3.00 bits per heavy atom. The van der Waals surface area contributed by atoms with Crippen molar-refractivity contribution in [2.75, 3.05) is 12.3 Å². The van der Waals surface area contributed by atoms with Gasteiger partial charge in [0.2, 0.25) is 5.84 Å². The first-order valence-electron chi connectivity index (χ1n) is 6.32. The first kappa shape index (κ1) is 15.9. The molecule has 0 saturated heterocycles. The van der Waals surface area contributed by atoms with Gasteiger partial charge in [-0.3, -0.25) is 4.79 Å². The molecule has 10 heteroatoms. The summed E-state index contributed by atoms with van der Waals surface area (Å²) in [6.07, 6.45) is 3.30. The van der Waals surface area contributed by atoms with Crippen LogP contribution >= 0.6 is 11.8 Å². The van der Waals surface area contributed by atoms with E-state index in [-0.39, 0.29) is 18.8 Å². The standard InChI is InChI=1S/C12H13N5O4S/c18-12(19)3-4-22-11-2-1-9(5-13-11)6-16-7-10(14-8-16)15-17(20)21/h1-2,5,8H,3-4,6-7H2,(H,18,19). The van der Waals surface area contributed by atoms with Gasteiger partial charge in [-0.2, -0.15) is 0 Å². The van der Waals surface area contributed by atoms with Gasteiger partial charge in [-0.1, -0.05) is 6.07 Å². The zero-order valence-corrected chi connectivity index (χ0v) is 12.3. The topological polar surface area (TPSA) is 121 Å². The van der Waals surface area contributed by atoms with Crippen molar-refractivity contribution < 1.29 is 14.9 Å². The lowest BCUT2D eigenvalue weighted by Crippen LogP contribution is -2.21. The lowest BCUT2D eigenvalue weighted by molar-refractivity contribution is -0.485. The van der Waals surface area contributed by atoms with E-state index in [4.69, 9.17) is 5.11 Å². The highest BCUT2D eigenvalue weighted by Gasteiger charge is 2.15. The SMILES string of the molecule is O=C(O)CCSc1ccc(CN2C=NC(=N[N+](=O)[O-])C2)cn1. The first-order chi connectivity index (χ1) is 10.5. The molecule has 2 heterocycles. The number of aromatic nitrogens is 1. The number of carbonyl (C=O) groups is 1. The predicted octanol–water partition coefficient (Wildman–Crippen LogP) is 1.08. The summed E-state index contributed by atoms with van der Waals surface area (Å²) < 4.78 is 0. The van der Waals surface area contributed by atoms with Gasteiger partial charge >= 0.3 is 5.97 Å². The van der Waals surface area contributed by atoms with Gasteiger partial charge in [0.05, 0.1) is 29.4 Å². The van der Waals surface area contributed by atoms with Gasteiger partial charge in [0.15, 0.2) is 5.03 Å². The third kappa shape index (κ3) is 5.13. The average molecular weight is 323 g/mol. The maximum absolute atomic E-state index is 10.4. The maximum atomic E-state index is 10.4. The summed E-state index contributed by atoms with van der Waals surface area (Å²) in [5.41, 5.74) is 0.927. The number of nitrogens with zero attached hydrogens (tertiary/aromatic N) is 5. The van der Waals surface area contributed by atoms with E-state index in [2.05, 4.69) is 15.1 Å². The molecular formula is C12H13N5O4S. The van der Waals surface area contributed by atoms with Gasteiger partial charge in [0.1, 0.15) is 0 Å². The largest absolute Gasteiger partial charge is 0.481 e. The van der Waals surface area contributed by atoms with E-state index in [1.807, 2.05) is 12.1 Å². The summed E-state index contributed by atoms with van der Waals surface area (Å²) in [4.78, 5) is 30.6. The number of hydrogen-bond acceptors (Lipinski definition) is 6. The van der Waals surface area contributed by atoms with Crippen LogP contribution in [0.4, 0.5) is 0 Å². The molecule has 9 nitrogen and oxygen atoms in total. The number of carboxylic acid groups (broad SMARTS) is 1. The highest BCUT2D eigenvalue weighted by molar-refractivity contribution is 7.99. The highest BCUT2D eigenvalue weighted by Crippen LogP contribution is 2.17. The van der Waals surface area contributed by atoms with Gasteiger partial charge in [0, 0.05) is 18.5 Å². The maximum Gasteiger partial charge on any atom is 0.304 e. The van der Waals surface area contributed by atoms with E-state index in [1.54, 1.807) is 11.1 Å². The Balaban J connectivity index is 1.83. The van der Waals surface area contributed by atoms with Crippen LogP contribution in [0.1, 0.15) is 12.0 Å². The van der Waals surface area contributed by atoms with E-state index < -0.39 is 11.0 Å². The number of aliphatic carboxylic acids is 1. The third-order valence-corrected chi connectivity index (χ3v) is 3.61. The molecule has 0 fully saturated rings. The number of hydrogen-bond donors (Lipinski definition) is 1. The molecule has 1 N–H and O–H groups in total. The number of carboxylic acids is 1. The van der Waals surface area contributed by atoms with Crippen LogP contribution in [0.2, 0.25) is 0 Å². The molecule has 0 aromatic carbocycles. The summed E-state index contributed by atoms with van der Waals surface area (Å²) in [6.45, 7) is 0.809. The summed E-state index contributed by atoms with van der Waals surface area (Å²) >= 11 is 1.38. The first-order valence-corrected chi connectivity index (χ1v) is 7.31. The molecule has 0 spiro atoms. The Kier molecular flexibility index (Phi) is 5.42. The monoisotopic (exact) mass is 323 g/mol. The van der Waals surface area contributed by atoms with Crippen LogP contribution in [-0.4, -0.2) is 50.5 Å². The highest BCUT2D eigenvalue weighted by atomic mass is 32.2. The molecule has 1 aliphatic heterocycles. The molecule has 116 valence electrons. The fourth-order valence-electron chi connectivity index (χ4n) is 1.73. The summed E-state index contributed by atoms with van der Waals surface area (Å²) in [6, 6.07) is 3.70. The number of nitro groups is 1. The van der Waals surface area contributed by atoms with Crippen molar-refractivity contribution in [3.8, 4) is 0 Å². The van der Waals surface area contributed by atoms with Gasteiger partial charge in [-0.15, -0.1) is 11.8 Å². The Hall–Kier alpha value is -2.49. The van der Waals surface area contributed by atoms with Crippen LogP contribution in [0.3, 0.4) is 0 Å². The molecule has 0 atom stereocenters. The lowest BCUT2D eigenvalue weighted by Gasteiger charge is -2.12. The third-order valence-electron chi connectivity index (χ3n) is 2.66. The van der Waals surface area contributed by atoms with Gasteiger partial charge in [-0.05, 0) is 11.6 Å². The predicted molar refractivity (Wildman–Crippen MR) is 80.5 cm³/mol. The minimum Gasteiger partial charge on any atom is -0.481 e. The van der Waals surface area contributed by atoms with E-state index in [0.717, 1.165) is 10.6 Å². The van der Waals surface area contributed by atoms with Gasteiger partial charge in [0.25, 0.3) is 0 Å². The summed E-state index contributed by atoms with van der Waals surface area (Å²) in [5.74, 6) is -0.190. The van der Waals surface area contributed by atoms with Crippen molar-refractivity contribution in [3.05, 3.63) is 34.0 Å². The normalized spacial score (nSPS) is 15.5. The molecular weight excluding hydrogens is 310 g/mol. The number of aliphatic imine (C=N–C) groups is 1. The van der Waals surface area contributed by atoms with Crippen molar-refractivity contribution >= 4 is 29.9 Å². The molecule has 0 aliphatic carbocycles. The minimum absolute atomic E-state index is 0.0941. The van der Waals surface area contributed by atoms with Crippen LogP contribution in [0, 0.1) is 10.1 Å². The smallest absolute Gasteiger partial charge is 0.304 e. The number of thioether (sulfide) groups is 1. The van der Waals surface area contributed by atoms with Gasteiger partial charge < -0.3 is 10.0 Å². The van der Waals surface area contributed by atoms with E-state index in [1.165, 1.54) is 18.1 Å². The molecule has 2 rings (SSSR count). The quantitative estimate of drug-likeness (QED) is 0.452. The molecule has 0 radical (unpaired) electrons. The van der Waals surface area contributed by atoms with Crippen molar-refractivity contribution in [2.45, 2.75) is 18.0 Å². The fraction of sp³-hybridized carbons (Fsp3) is 0.333. The number of hydrazone groups is 1. The summed E-state index contributed by atoms with van der Waals surface area (Å²) in [5, 5.41) is 22.0. The van der Waals surface area contributed by atoms with Crippen LogP contribution in [-0.2, 0) is 11.3 Å². The van der Waals surface area contributed by atoms with Crippen LogP contribution in [0.15, 0.2) is 33.4 Å². The van der Waals surface area contributed by atoms with E-state index in [0.29, 0.717) is 12.3 Å². The van der Waals surface area contributed by atoms with Crippen LogP contribution in [0.5, 0.6) is 0 Å². The van der Waals surface area contributed by atoms with Crippen molar-refractivity contribution in [2.24, 2.45) is 10.1 Å². The van der Waals surface area contributed by atoms with Crippen LogP contribution < -0.4 is 0 Å². The molecule has 1 aromatic rings. The van der Waals surface area contributed by atoms with Gasteiger partial charge in [-0.25, -0.2) is 20.1 Å². The zero-order valence-electron chi connectivity index (χ0n) is 11.5. The second-order valence-electron chi connectivity index (χ2n) is 4.40. The molecule has 0 saturated carbocycles. The number of rotatable bonds is 7. The van der Waals surface area contributed by atoms with E-state index in [9.17, 15) is 14.9 Å². The van der Waals surface area contributed by atoms with E-state index >= 15 is 0 Å². The van der Waals surface area contributed by atoms with Crippen molar-refractivity contribution in [1.29, 1.82) is 0 Å². The number of pyridine rings is 1. The molecule has 0 bridgehead atoms. The minimum atomic E-state index is -0.829. The fourth-order valence-corrected chi connectivity index (χ4v) is 2.50. The second-order valence-corrected chi connectivity index (χ2v) is 5.52. The average Bonchev–Trinajstić information content (AvgIpc) is 2.87. The second kappa shape index (κ2) is 7.50. The Bertz CT molecular complexity index is 616.